The second-order valence-electron chi connectivity index (χ2n) is 9.43. The fourth-order valence-electron chi connectivity index (χ4n) is 5.26. The van der Waals surface area contributed by atoms with Crippen molar-refractivity contribution in [2.45, 2.75) is 37.5 Å². The first kappa shape index (κ1) is 23.0. The number of nitrogens with one attached hydrogen (secondary N) is 1. The van der Waals surface area contributed by atoms with Gasteiger partial charge in [0.1, 0.15) is 5.82 Å². The lowest BCUT2D eigenvalue weighted by Crippen LogP contribution is -2.54. The van der Waals surface area contributed by atoms with Gasteiger partial charge in [0.15, 0.2) is 0 Å². The summed E-state index contributed by atoms with van der Waals surface area (Å²) >= 11 is 1.65. The van der Waals surface area contributed by atoms with Crippen molar-refractivity contribution in [1.29, 1.82) is 0 Å². The second-order valence-corrected chi connectivity index (χ2v) is 10.7. The molecule has 2 heterocycles. The molecule has 5 nitrogen and oxygen atoms in total. The van der Waals surface area contributed by atoms with Crippen LogP contribution in [-0.4, -0.2) is 54.2 Å². The summed E-state index contributed by atoms with van der Waals surface area (Å²) in [6.07, 6.45) is 4.41. The Kier molecular flexibility index (Phi) is 6.63. The number of thioether (sulfide) groups is 1. The number of aryl methyl sites for hydroxylation is 1. The Hall–Kier alpha value is -2.80. The first-order valence-corrected chi connectivity index (χ1v) is 12.9. The highest BCUT2D eigenvalue weighted by Crippen LogP contribution is 2.40. The molecule has 0 bridgehead atoms. The van der Waals surface area contributed by atoms with Gasteiger partial charge in [-0.2, -0.15) is 0 Å². The van der Waals surface area contributed by atoms with Crippen LogP contribution >= 0.6 is 11.8 Å². The number of anilines is 1. The van der Waals surface area contributed by atoms with E-state index in [4.69, 9.17) is 0 Å². The molecule has 3 atom stereocenters. The SMILES string of the molecule is Cc1cccc(/C=C2/SC3CCC(C(=O)N4CCN(c5ccccc5F)CC4)CC3NC2=O)c1. The minimum atomic E-state index is -0.220. The molecular weight excluding hydrogens is 449 g/mol. The molecule has 1 aliphatic carbocycles. The van der Waals surface area contributed by atoms with E-state index in [1.165, 1.54) is 11.6 Å². The highest BCUT2D eigenvalue weighted by Gasteiger charge is 2.41. The van der Waals surface area contributed by atoms with E-state index >= 15 is 0 Å². The molecule has 2 saturated heterocycles. The topological polar surface area (TPSA) is 52.7 Å². The number of benzene rings is 2. The normalized spacial score (nSPS) is 26.2. The zero-order valence-electron chi connectivity index (χ0n) is 19.4. The monoisotopic (exact) mass is 479 g/mol. The number of rotatable bonds is 3. The maximum atomic E-state index is 14.1. The van der Waals surface area contributed by atoms with Crippen LogP contribution in [0.3, 0.4) is 0 Å². The maximum absolute atomic E-state index is 14.1. The maximum Gasteiger partial charge on any atom is 0.257 e. The highest BCUT2D eigenvalue weighted by molar-refractivity contribution is 8.04. The Balaban J connectivity index is 1.18. The average Bonchev–Trinajstić information content (AvgIpc) is 2.84. The minimum Gasteiger partial charge on any atom is -0.366 e. The van der Waals surface area contributed by atoms with Gasteiger partial charge in [0.05, 0.1) is 10.6 Å². The van der Waals surface area contributed by atoms with Crippen LogP contribution in [0.4, 0.5) is 10.1 Å². The molecule has 5 rings (SSSR count). The zero-order valence-corrected chi connectivity index (χ0v) is 20.2. The first-order valence-electron chi connectivity index (χ1n) is 12.0. The van der Waals surface area contributed by atoms with Crippen LogP contribution in [0.2, 0.25) is 0 Å². The van der Waals surface area contributed by atoms with Gasteiger partial charge in [-0.05, 0) is 50.0 Å². The number of hydrogen-bond donors (Lipinski definition) is 1. The molecule has 2 aromatic carbocycles. The van der Waals surface area contributed by atoms with Crippen LogP contribution in [0, 0.1) is 18.7 Å². The fourth-order valence-corrected chi connectivity index (χ4v) is 6.55. The number of carbonyl (C=O) groups is 2. The van der Waals surface area contributed by atoms with Crippen LogP contribution in [0.15, 0.2) is 53.4 Å². The van der Waals surface area contributed by atoms with E-state index in [0.717, 1.165) is 23.3 Å². The van der Waals surface area contributed by atoms with Crippen molar-refractivity contribution in [1.82, 2.24) is 10.2 Å². The van der Waals surface area contributed by atoms with Gasteiger partial charge in [-0.1, -0.05) is 42.0 Å². The molecule has 0 spiro atoms. The predicted octanol–water partition coefficient (Wildman–Crippen LogP) is 4.22. The van der Waals surface area contributed by atoms with E-state index in [1.54, 1.807) is 23.9 Å². The molecule has 3 fully saturated rings. The predicted molar refractivity (Wildman–Crippen MR) is 135 cm³/mol. The summed E-state index contributed by atoms with van der Waals surface area (Å²) in [7, 11) is 0. The summed E-state index contributed by atoms with van der Waals surface area (Å²) in [6, 6.07) is 15.0. The van der Waals surface area contributed by atoms with E-state index in [2.05, 4.69) is 11.4 Å². The number of nitrogens with zero attached hydrogens (tertiary/aromatic N) is 2. The molecule has 7 heteroatoms. The van der Waals surface area contributed by atoms with Gasteiger partial charge in [0.2, 0.25) is 5.91 Å². The van der Waals surface area contributed by atoms with Crippen molar-refractivity contribution < 1.29 is 14.0 Å². The van der Waals surface area contributed by atoms with Crippen molar-refractivity contribution >= 4 is 35.3 Å². The summed E-state index contributed by atoms with van der Waals surface area (Å²) in [5.41, 5.74) is 2.81. The van der Waals surface area contributed by atoms with E-state index in [9.17, 15) is 14.0 Å². The van der Waals surface area contributed by atoms with Crippen molar-refractivity contribution in [2.75, 3.05) is 31.1 Å². The summed E-state index contributed by atoms with van der Waals surface area (Å²) in [6.45, 7) is 4.50. The van der Waals surface area contributed by atoms with E-state index < -0.39 is 0 Å². The average molecular weight is 480 g/mol. The molecular formula is C27H30FN3O2S. The Bertz CT molecular complexity index is 1110. The van der Waals surface area contributed by atoms with E-state index in [0.29, 0.717) is 43.5 Å². The van der Waals surface area contributed by atoms with Crippen molar-refractivity contribution in [3.05, 3.63) is 70.4 Å². The molecule has 2 aromatic rings. The molecule has 0 radical (unpaired) electrons. The summed E-state index contributed by atoms with van der Waals surface area (Å²) < 4.78 is 14.1. The summed E-state index contributed by atoms with van der Waals surface area (Å²) in [4.78, 5) is 30.7. The lowest BCUT2D eigenvalue weighted by molar-refractivity contribution is -0.137. The number of carbonyl (C=O) groups excluding carboxylic acids is 2. The Labute approximate surface area is 204 Å². The third-order valence-corrected chi connectivity index (χ3v) is 8.50. The molecule has 1 saturated carbocycles. The first-order chi connectivity index (χ1) is 16.5. The molecule has 2 aliphatic heterocycles. The van der Waals surface area contributed by atoms with Crippen LogP contribution in [0.1, 0.15) is 30.4 Å². The van der Waals surface area contributed by atoms with Crippen LogP contribution in [0.5, 0.6) is 0 Å². The molecule has 1 N–H and O–H groups in total. The number of piperazine rings is 1. The van der Waals surface area contributed by atoms with Crippen LogP contribution in [-0.2, 0) is 9.59 Å². The van der Waals surface area contributed by atoms with Crippen molar-refractivity contribution in [3.63, 3.8) is 0 Å². The van der Waals surface area contributed by atoms with Crippen molar-refractivity contribution in [2.24, 2.45) is 5.92 Å². The van der Waals surface area contributed by atoms with Gasteiger partial charge in [-0.25, -0.2) is 4.39 Å². The number of halogens is 1. The van der Waals surface area contributed by atoms with Crippen LogP contribution in [0.25, 0.3) is 6.08 Å². The highest BCUT2D eigenvalue weighted by atomic mass is 32.2. The lowest BCUT2D eigenvalue weighted by atomic mass is 9.84. The van der Waals surface area contributed by atoms with Gasteiger partial charge < -0.3 is 15.1 Å². The summed E-state index contributed by atoms with van der Waals surface area (Å²) in [5.74, 6) is -0.155. The third-order valence-electron chi connectivity index (χ3n) is 7.08. The largest absolute Gasteiger partial charge is 0.366 e. The van der Waals surface area contributed by atoms with Gasteiger partial charge in [-0.3, -0.25) is 9.59 Å². The molecule has 178 valence electrons. The third kappa shape index (κ3) is 4.85. The number of amides is 2. The van der Waals surface area contributed by atoms with Gasteiger partial charge in [0, 0.05) is 43.4 Å². The molecule has 34 heavy (non-hydrogen) atoms. The molecule has 3 unspecified atom stereocenters. The molecule has 3 aliphatic rings. The number of hydrogen-bond acceptors (Lipinski definition) is 4. The Morgan fingerprint density at radius 1 is 1.09 bits per heavy atom. The second kappa shape index (κ2) is 9.82. The lowest BCUT2D eigenvalue weighted by Gasteiger charge is -2.42. The van der Waals surface area contributed by atoms with Gasteiger partial charge in [0.25, 0.3) is 5.91 Å². The van der Waals surface area contributed by atoms with Crippen molar-refractivity contribution in [3.8, 4) is 0 Å². The van der Waals surface area contributed by atoms with Gasteiger partial charge >= 0.3 is 0 Å². The van der Waals surface area contributed by atoms with E-state index in [1.807, 2.05) is 47.1 Å². The number of fused-ring (bicyclic) bond motifs is 1. The quantitative estimate of drug-likeness (QED) is 0.670. The van der Waals surface area contributed by atoms with E-state index in [-0.39, 0.29) is 29.6 Å². The summed E-state index contributed by atoms with van der Waals surface area (Å²) in [5, 5.41) is 3.48. The standard InChI is InChI=1S/C27H30FN3O2S/c1-18-5-4-6-19(15-18)16-25-26(32)29-22-17-20(9-10-24(22)34-25)27(33)31-13-11-30(12-14-31)23-8-3-2-7-21(23)28/h2-8,15-16,20,22,24H,9-14,17H2,1H3,(H,29,32)/b25-16+. The number of para-hydroxylation sites is 1. The smallest absolute Gasteiger partial charge is 0.257 e. The zero-order chi connectivity index (χ0) is 23.7. The fraction of sp³-hybridized carbons (Fsp3) is 0.407. The Morgan fingerprint density at radius 2 is 1.88 bits per heavy atom. The molecule has 0 aromatic heterocycles. The minimum absolute atomic E-state index is 0.0227. The van der Waals surface area contributed by atoms with Crippen LogP contribution < -0.4 is 10.2 Å². The Morgan fingerprint density at radius 3 is 2.65 bits per heavy atom. The van der Waals surface area contributed by atoms with Gasteiger partial charge in [-0.15, -0.1) is 11.8 Å². The molecule has 2 amide bonds.